The van der Waals surface area contributed by atoms with Crippen LogP contribution in [0, 0.1) is 0 Å². The molecule has 0 saturated heterocycles. The molecule has 0 aliphatic carbocycles. The fourth-order valence-corrected chi connectivity index (χ4v) is 1.57. The van der Waals surface area contributed by atoms with E-state index in [9.17, 15) is 0 Å². The van der Waals surface area contributed by atoms with Crippen LogP contribution in [0.3, 0.4) is 0 Å². The number of methoxy groups -OCH3 is 1. The van der Waals surface area contributed by atoms with Crippen molar-refractivity contribution in [3.63, 3.8) is 0 Å². The Balaban J connectivity index is 2.52. The van der Waals surface area contributed by atoms with Crippen molar-refractivity contribution in [1.82, 2.24) is 20.5 Å². The summed E-state index contributed by atoms with van der Waals surface area (Å²) in [4.78, 5) is 4.41. The highest BCUT2D eigenvalue weighted by Gasteiger charge is 2.15. The van der Waals surface area contributed by atoms with Crippen LogP contribution in [0.25, 0.3) is 0 Å². The lowest BCUT2D eigenvalue weighted by Crippen LogP contribution is -2.35. The Bertz CT molecular complexity index is 300. The number of ether oxygens (including phenoxy) is 1. The lowest BCUT2D eigenvalue weighted by Gasteiger charge is -2.19. The molecule has 16 heavy (non-hydrogen) atoms. The van der Waals surface area contributed by atoms with Crippen LogP contribution in [0.1, 0.15) is 44.9 Å². The van der Waals surface area contributed by atoms with E-state index in [-0.39, 0.29) is 6.04 Å². The number of aromatic nitrogens is 3. The van der Waals surface area contributed by atoms with Crippen molar-refractivity contribution in [3.05, 3.63) is 11.6 Å². The number of aryl methyl sites for hydroxylation is 1. The van der Waals surface area contributed by atoms with Crippen molar-refractivity contribution in [2.24, 2.45) is 0 Å². The zero-order chi connectivity index (χ0) is 12.0. The molecule has 0 aliphatic heterocycles. The fraction of sp³-hybridized carbons (Fsp3) is 0.818. The average molecular weight is 226 g/mol. The maximum absolute atomic E-state index is 5.15. The second kappa shape index (κ2) is 6.60. The predicted octanol–water partition coefficient (Wildman–Crippen LogP) is 1.44. The first kappa shape index (κ1) is 13.1. The second-order valence-electron chi connectivity index (χ2n) is 3.94. The van der Waals surface area contributed by atoms with Gasteiger partial charge in [-0.15, -0.1) is 0 Å². The van der Waals surface area contributed by atoms with Gasteiger partial charge in [-0.3, -0.25) is 5.10 Å². The average Bonchev–Trinajstić information content (AvgIpc) is 2.76. The molecule has 0 bridgehead atoms. The van der Waals surface area contributed by atoms with Gasteiger partial charge in [-0.05, 0) is 13.3 Å². The van der Waals surface area contributed by atoms with Gasteiger partial charge in [0.2, 0.25) is 0 Å². The van der Waals surface area contributed by atoms with Crippen LogP contribution >= 0.6 is 0 Å². The molecule has 5 heteroatoms. The number of nitrogens with zero attached hydrogens (tertiary/aromatic N) is 2. The van der Waals surface area contributed by atoms with Crippen molar-refractivity contribution in [1.29, 1.82) is 0 Å². The van der Waals surface area contributed by atoms with Gasteiger partial charge in [0.15, 0.2) is 5.82 Å². The van der Waals surface area contributed by atoms with Gasteiger partial charge in [0, 0.05) is 19.6 Å². The largest absolute Gasteiger partial charge is 0.383 e. The highest BCUT2D eigenvalue weighted by molar-refractivity contribution is 4.95. The van der Waals surface area contributed by atoms with Crippen molar-refractivity contribution in [2.75, 3.05) is 13.7 Å². The molecule has 1 aromatic heterocycles. The van der Waals surface area contributed by atoms with Crippen molar-refractivity contribution >= 4 is 0 Å². The van der Waals surface area contributed by atoms with Crippen molar-refractivity contribution in [3.8, 4) is 0 Å². The van der Waals surface area contributed by atoms with Gasteiger partial charge >= 0.3 is 0 Å². The smallest absolute Gasteiger partial charge is 0.167 e. The zero-order valence-corrected chi connectivity index (χ0v) is 10.6. The quantitative estimate of drug-likeness (QED) is 0.738. The number of hydrogen-bond acceptors (Lipinski definition) is 4. The molecule has 0 saturated carbocycles. The van der Waals surface area contributed by atoms with Crippen LogP contribution in [0.5, 0.6) is 0 Å². The van der Waals surface area contributed by atoms with E-state index < -0.39 is 0 Å². The molecule has 5 nitrogen and oxygen atoms in total. The van der Waals surface area contributed by atoms with Crippen LogP contribution in [0.4, 0.5) is 0 Å². The molecule has 0 amide bonds. The number of aromatic amines is 1. The molecule has 0 fully saturated rings. The summed E-state index contributed by atoms with van der Waals surface area (Å²) in [5, 5.41) is 10.6. The summed E-state index contributed by atoms with van der Waals surface area (Å²) >= 11 is 0. The van der Waals surface area contributed by atoms with Gasteiger partial charge in [-0.25, -0.2) is 4.98 Å². The third-order valence-electron chi connectivity index (χ3n) is 2.62. The minimum absolute atomic E-state index is 0.150. The molecule has 0 spiro atoms. The minimum Gasteiger partial charge on any atom is -0.383 e. The number of H-pyrrole nitrogens is 1. The van der Waals surface area contributed by atoms with Gasteiger partial charge in [-0.1, -0.05) is 13.8 Å². The summed E-state index contributed by atoms with van der Waals surface area (Å²) in [6, 6.07) is 0.500. The fourth-order valence-electron chi connectivity index (χ4n) is 1.57. The normalized spacial score (nSPS) is 15.0. The first-order valence-electron chi connectivity index (χ1n) is 5.87. The highest BCUT2D eigenvalue weighted by atomic mass is 16.5. The summed E-state index contributed by atoms with van der Waals surface area (Å²) in [5.74, 6) is 1.76. The first-order chi connectivity index (χ1) is 7.71. The molecule has 1 heterocycles. The van der Waals surface area contributed by atoms with E-state index in [1.54, 1.807) is 7.11 Å². The number of rotatable bonds is 7. The number of nitrogens with one attached hydrogen (secondary N) is 2. The van der Waals surface area contributed by atoms with E-state index in [0.29, 0.717) is 12.6 Å². The second-order valence-corrected chi connectivity index (χ2v) is 3.94. The first-order valence-corrected chi connectivity index (χ1v) is 5.87. The zero-order valence-electron chi connectivity index (χ0n) is 10.6. The molecule has 0 aliphatic rings. The Morgan fingerprint density at radius 1 is 1.44 bits per heavy atom. The maximum atomic E-state index is 5.15. The topological polar surface area (TPSA) is 62.8 Å². The summed E-state index contributed by atoms with van der Waals surface area (Å²) in [6.07, 6.45) is 1.91. The Hall–Kier alpha value is -0.940. The standard InChI is InChI=1S/C11H22N4O/c1-5-9(7-16-4)12-8(3)11-13-10(6-2)14-15-11/h8-9,12H,5-7H2,1-4H3,(H,13,14,15). The number of hydrogen-bond donors (Lipinski definition) is 2. The van der Waals surface area contributed by atoms with Crippen molar-refractivity contribution < 1.29 is 4.74 Å². The van der Waals surface area contributed by atoms with Gasteiger partial charge in [-0.2, -0.15) is 5.10 Å². The Morgan fingerprint density at radius 2 is 2.19 bits per heavy atom. The molecule has 1 rings (SSSR count). The highest BCUT2D eigenvalue weighted by Crippen LogP contribution is 2.09. The van der Waals surface area contributed by atoms with Gasteiger partial charge in [0.25, 0.3) is 0 Å². The van der Waals surface area contributed by atoms with E-state index in [4.69, 9.17) is 4.74 Å². The molecule has 2 N–H and O–H groups in total. The van der Waals surface area contributed by atoms with E-state index in [0.717, 1.165) is 24.5 Å². The van der Waals surface area contributed by atoms with E-state index in [1.807, 2.05) is 0 Å². The minimum atomic E-state index is 0.150. The third-order valence-corrected chi connectivity index (χ3v) is 2.62. The van der Waals surface area contributed by atoms with Crippen LogP contribution in [0.2, 0.25) is 0 Å². The molecule has 0 radical (unpaired) electrons. The van der Waals surface area contributed by atoms with Crippen molar-refractivity contribution in [2.45, 2.75) is 45.7 Å². The summed E-state index contributed by atoms with van der Waals surface area (Å²) in [6.45, 7) is 6.98. The van der Waals surface area contributed by atoms with E-state index >= 15 is 0 Å². The molecular formula is C11H22N4O. The third kappa shape index (κ3) is 3.57. The van der Waals surface area contributed by atoms with Crippen LogP contribution in [-0.4, -0.2) is 34.9 Å². The maximum Gasteiger partial charge on any atom is 0.167 e. The Morgan fingerprint density at radius 3 is 2.69 bits per heavy atom. The van der Waals surface area contributed by atoms with Gasteiger partial charge in [0.1, 0.15) is 5.82 Å². The summed E-state index contributed by atoms with van der Waals surface area (Å²) in [7, 11) is 1.72. The summed E-state index contributed by atoms with van der Waals surface area (Å²) in [5.41, 5.74) is 0. The lowest BCUT2D eigenvalue weighted by atomic mass is 10.2. The molecule has 2 atom stereocenters. The predicted molar refractivity (Wildman–Crippen MR) is 63.3 cm³/mol. The molecule has 1 aromatic rings. The lowest BCUT2D eigenvalue weighted by molar-refractivity contribution is 0.159. The SMILES string of the molecule is CCc1nc(C(C)NC(CC)COC)n[nH]1. The van der Waals surface area contributed by atoms with E-state index in [2.05, 4.69) is 41.3 Å². The molecule has 92 valence electrons. The Kier molecular flexibility index (Phi) is 5.42. The van der Waals surface area contributed by atoms with Crippen LogP contribution in [-0.2, 0) is 11.2 Å². The van der Waals surface area contributed by atoms with Crippen LogP contribution < -0.4 is 5.32 Å². The Labute approximate surface area is 97.0 Å². The van der Waals surface area contributed by atoms with Gasteiger partial charge < -0.3 is 10.1 Å². The molecule has 0 aromatic carbocycles. The monoisotopic (exact) mass is 226 g/mol. The molecule has 2 unspecified atom stereocenters. The summed E-state index contributed by atoms with van der Waals surface area (Å²) < 4.78 is 5.15. The van der Waals surface area contributed by atoms with E-state index in [1.165, 1.54) is 0 Å². The van der Waals surface area contributed by atoms with Gasteiger partial charge in [0.05, 0.1) is 12.6 Å². The van der Waals surface area contributed by atoms with Crippen LogP contribution in [0.15, 0.2) is 0 Å². The molecular weight excluding hydrogens is 204 g/mol.